The molecule has 0 unspecified atom stereocenters. The predicted molar refractivity (Wildman–Crippen MR) is 89.7 cm³/mol. The Morgan fingerprint density at radius 1 is 0.750 bits per heavy atom. The van der Waals surface area contributed by atoms with E-state index in [1.165, 1.54) is 10.8 Å². The second-order valence-corrected chi connectivity index (χ2v) is 10.3. The van der Waals surface area contributed by atoms with Crippen molar-refractivity contribution in [3.05, 3.63) is 48.0 Å². The molecule has 2 aromatic carbocycles. The van der Waals surface area contributed by atoms with E-state index < -0.39 is 8.07 Å². The smallest absolute Gasteiger partial charge is 0.118 e. The highest BCUT2D eigenvalue weighted by Gasteiger charge is 2.06. The summed E-state index contributed by atoms with van der Waals surface area (Å²) in [5, 5.41) is 2.43. The molecule has 2 rings (SSSR count). The highest BCUT2D eigenvalue weighted by atomic mass is 28.3. The van der Waals surface area contributed by atoms with Gasteiger partial charge in [0.25, 0.3) is 0 Å². The van der Waals surface area contributed by atoms with Gasteiger partial charge < -0.3 is 0 Å². The Bertz CT molecular complexity index is 803. The lowest BCUT2D eigenvalue weighted by molar-refractivity contribution is 1.70. The van der Waals surface area contributed by atoms with Gasteiger partial charge in [-0.1, -0.05) is 55.9 Å². The van der Waals surface area contributed by atoms with E-state index in [0.29, 0.717) is 0 Å². The fourth-order valence-electron chi connectivity index (χ4n) is 1.65. The highest BCUT2D eigenvalue weighted by Crippen LogP contribution is 2.14. The zero-order chi connectivity index (χ0) is 14.4. The van der Waals surface area contributed by atoms with E-state index in [1.807, 2.05) is 18.2 Å². The van der Waals surface area contributed by atoms with Crippen LogP contribution in [-0.2, 0) is 0 Å². The molecule has 0 aliphatic heterocycles. The van der Waals surface area contributed by atoms with E-state index in [2.05, 4.69) is 79.1 Å². The molecule has 0 radical (unpaired) electrons. The van der Waals surface area contributed by atoms with Gasteiger partial charge in [0.05, 0.1) is 0 Å². The second kappa shape index (κ2) is 6.16. The zero-order valence-corrected chi connectivity index (χ0v) is 13.0. The molecule has 0 nitrogen and oxygen atoms in total. The van der Waals surface area contributed by atoms with Gasteiger partial charge in [0.1, 0.15) is 8.07 Å². The average Bonchev–Trinajstić information content (AvgIpc) is 2.41. The molecule has 0 aliphatic carbocycles. The summed E-state index contributed by atoms with van der Waals surface area (Å²) in [5.74, 6) is 14.4. The molecule has 0 aromatic heterocycles. The molecule has 2 aromatic rings. The van der Waals surface area contributed by atoms with E-state index in [1.54, 1.807) is 0 Å². The van der Waals surface area contributed by atoms with Crippen LogP contribution in [0.5, 0.6) is 0 Å². The first-order valence-corrected chi connectivity index (χ1v) is 10.1. The lowest BCUT2D eigenvalue weighted by Crippen LogP contribution is -2.16. The summed E-state index contributed by atoms with van der Waals surface area (Å²) in [6.07, 6.45) is 0. The van der Waals surface area contributed by atoms with Gasteiger partial charge in [-0.2, -0.15) is 0 Å². The Kier molecular flexibility index (Phi) is 4.32. The fraction of sp³-hybridized carbons (Fsp3) is 0.158. The topological polar surface area (TPSA) is 0 Å². The lowest BCUT2D eigenvalue weighted by Gasteiger charge is -2.01. The number of hydrogen-bond acceptors (Lipinski definition) is 0. The van der Waals surface area contributed by atoms with Gasteiger partial charge in [-0.3, -0.25) is 0 Å². The first-order chi connectivity index (χ1) is 9.54. The minimum Gasteiger partial charge on any atom is -0.118 e. The molecule has 0 atom stereocenters. The SMILES string of the molecule is C[Si](C)(C)C#CC#CC#Cc1ccc2ccccc2c1. The zero-order valence-electron chi connectivity index (χ0n) is 12.0. The van der Waals surface area contributed by atoms with Crippen molar-refractivity contribution in [2.45, 2.75) is 19.6 Å². The summed E-state index contributed by atoms with van der Waals surface area (Å²) >= 11 is 0. The van der Waals surface area contributed by atoms with Crippen molar-refractivity contribution in [2.24, 2.45) is 0 Å². The Labute approximate surface area is 122 Å². The van der Waals surface area contributed by atoms with Crippen molar-refractivity contribution in [2.75, 3.05) is 0 Å². The van der Waals surface area contributed by atoms with Crippen LogP contribution in [0.15, 0.2) is 42.5 Å². The number of hydrogen-bond donors (Lipinski definition) is 0. The highest BCUT2D eigenvalue weighted by molar-refractivity contribution is 6.83. The normalized spacial score (nSPS) is 9.55. The molecule has 20 heavy (non-hydrogen) atoms. The number of benzene rings is 2. The van der Waals surface area contributed by atoms with Crippen LogP contribution in [0, 0.1) is 35.1 Å². The molecular formula is C19H16Si. The van der Waals surface area contributed by atoms with E-state index >= 15 is 0 Å². The summed E-state index contributed by atoms with van der Waals surface area (Å²) in [6, 6.07) is 14.4. The Hall–Kier alpha value is -2.40. The maximum Gasteiger partial charge on any atom is 0.130 e. The number of fused-ring (bicyclic) bond motifs is 1. The summed E-state index contributed by atoms with van der Waals surface area (Å²) in [4.78, 5) is 0. The monoisotopic (exact) mass is 272 g/mol. The molecule has 0 N–H and O–H groups in total. The summed E-state index contributed by atoms with van der Waals surface area (Å²) in [6.45, 7) is 6.59. The maximum absolute atomic E-state index is 3.19. The van der Waals surface area contributed by atoms with Crippen LogP contribution in [0.2, 0.25) is 19.6 Å². The first-order valence-electron chi connectivity index (χ1n) is 6.57. The molecule has 1 heteroatoms. The minimum atomic E-state index is -1.32. The third-order valence-corrected chi connectivity index (χ3v) is 3.46. The molecule has 0 spiro atoms. The molecule has 0 saturated heterocycles. The van der Waals surface area contributed by atoms with Crippen molar-refractivity contribution < 1.29 is 0 Å². The summed E-state index contributed by atoms with van der Waals surface area (Å²) in [5.41, 5.74) is 4.17. The standard InChI is InChI=1S/C19H16Si/c1-20(2,3)15-9-5-4-6-10-17-13-14-18-11-7-8-12-19(18)16-17/h7-8,11-14,16H,1-3H3. The molecule has 0 saturated carbocycles. The third kappa shape index (κ3) is 4.36. The van der Waals surface area contributed by atoms with Gasteiger partial charge >= 0.3 is 0 Å². The lowest BCUT2D eigenvalue weighted by atomic mass is 10.1. The van der Waals surface area contributed by atoms with E-state index in [4.69, 9.17) is 0 Å². The van der Waals surface area contributed by atoms with Crippen LogP contribution in [0.3, 0.4) is 0 Å². The predicted octanol–water partition coefficient (Wildman–Crippen LogP) is 4.08. The Balaban J connectivity index is 2.15. The van der Waals surface area contributed by atoms with Crippen LogP contribution < -0.4 is 0 Å². The largest absolute Gasteiger partial charge is 0.130 e. The van der Waals surface area contributed by atoms with Crippen LogP contribution in [0.25, 0.3) is 10.8 Å². The molecule has 0 amide bonds. The molecule has 0 aliphatic rings. The van der Waals surface area contributed by atoms with Crippen molar-refractivity contribution in [1.29, 1.82) is 0 Å². The summed E-state index contributed by atoms with van der Waals surface area (Å²) < 4.78 is 0. The van der Waals surface area contributed by atoms with Crippen LogP contribution >= 0.6 is 0 Å². The fourth-order valence-corrected chi connectivity index (χ4v) is 2.09. The first kappa shape index (κ1) is 14.0. The number of rotatable bonds is 0. The van der Waals surface area contributed by atoms with Crippen LogP contribution in [0.1, 0.15) is 5.56 Å². The second-order valence-electron chi connectivity index (χ2n) is 5.56. The molecule has 0 heterocycles. The minimum absolute atomic E-state index is 0.983. The van der Waals surface area contributed by atoms with Gasteiger partial charge in [-0.15, -0.1) is 5.54 Å². The van der Waals surface area contributed by atoms with Crippen molar-refractivity contribution in [3.8, 4) is 35.1 Å². The third-order valence-electron chi connectivity index (χ3n) is 2.58. The maximum atomic E-state index is 3.19. The van der Waals surface area contributed by atoms with Gasteiger partial charge in [-0.05, 0) is 46.6 Å². The van der Waals surface area contributed by atoms with E-state index in [0.717, 1.165) is 5.56 Å². The van der Waals surface area contributed by atoms with E-state index in [9.17, 15) is 0 Å². The Morgan fingerprint density at radius 2 is 1.45 bits per heavy atom. The van der Waals surface area contributed by atoms with Gasteiger partial charge in [-0.25, -0.2) is 0 Å². The molecule has 96 valence electrons. The molecule has 0 fully saturated rings. The quantitative estimate of drug-likeness (QED) is 0.501. The van der Waals surface area contributed by atoms with Crippen molar-refractivity contribution in [1.82, 2.24) is 0 Å². The van der Waals surface area contributed by atoms with Gasteiger partial charge in [0.2, 0.25) is 0 Å². The van der Waals surface area contributed by atoms with E-state index in [-0.39, 0.29) is 0 Å². The van der Waals surface area contributed by atoms with Crippen molar-refractivity contribution >= 4 is 18.8 Å². The Morgan fingerprint density at radius 3 is 2.20 bits per heavy atom. The molecular weight excluding hydrogens is 256 g/mol. The van der Waals surface area contributed by atoms with Crippen molar-refractivity contribution in [3.63, 3.8) is 0 Å². The molecule has 0 bridgehead atoms. The van der Waals surface area contributed by atoms with Crippen LogP contribution in [-0.4, -0.2) is 8.07 Å². The average molecular weight is 272 g/mol. The van der Waals surface area contributed by atoms with Crippen LogP contribution in [0.4, 0.5) is 0 Å². The summed E-state index contributed by atoms with van der Waals surface area (Å²) in [7, 11) is -1.32. The van der Waals surface area contributed by atoms with Gasteiger partial charge in [0, 0.05) is 5.56 Å². The van der Waals surface area contributed by atoms with Gasteiger partial charge in [0.15, 0.2) is 0 Å².